The Morgan fingerprint density at radius 2 is 1.83 bits per heavy atom. The van der Waals surface area contributed by atoms with Gasteiger partial charge in [-0.15, -0.1) is 0 Å². The number of nitrogens with two attached hydrogens (primary N) is 1. The Morgan fingerprint density at radius 3 is 2.39 bits per heavy atom. The topological polar surface area (TPSA) is 41.3 Å². The second kappa shape index (κ2) is 6.88. The first-order valence-electron chi connectivity index (χ1n) is 8.01. The van der Waals surface area contributed by atoms with Crippen LogP contribution in [0.5, 0.6) is 0 Å². The fraction of sp³-hybridized carbons (Fsp3) is 1.00. The zero-order valence-electron chi connectivity index (χ0n) is 12.1. The van der Waals surface area contributed by atoms with E-state index < -0.39 is 0 Å². The Kier molecular flexibility index (Phi) is 5.46. The van der Waals surface area contributed by atoms with E-state index in [1.54, 1.807) is 0 Å². The quantitative estimate of drug-likeness (QED) is 0.791. The highest BCUT2D eigenvalue weighted by atomic mass is 15.5. The van der Waals surface area contributed by atoms with Crippen LogP contribution in [0.3, 0.4) is 0 Å². The van der Waals surface area contributed by atoms with Crippen LogP contribution in [-0.2, 0) is 0 Å². The van der Waals surface area contributed by atoms with Crippen molar-refractivity contribution in [1.29, 1.82) is 0 Å². The molecule has 0 aromatic carbocycles. The first kappa shape index (κ1) is 14.3. The molecule has 0 radical (unpaired) electrons. The van der Waals surface area contributed by atoms with E-state index in [0.29, 0.717) is 0 Å². The summed E-state index contributed by atoms with van der Waals surface area (Å²) in [5.74, 6) is 0.956. The van der Waals surface area contributed by atoms with Crippen LogP contribution < -0.4 is 11.2 Å². The molecule has 3 N–H and O–H groups in total. The van der Waals surface area contributed by atoms with E-state index in [1.807, 2.05) is 0 Å². The van der Waals surface area contributed by atoms with Crippen molar-refractivity contribution in [2.75, 3.05) is 19.6 Å². The Morgan fingerprint density at radius 1 is 1.17 bits per heavy atom. The van der Waals surface area contributed by atoms with Gasteiger partial charge in [0.1, 0.15) is 0 Å². The van der Waals surface area contributed by atoms with E-state index in [4.69, 9.17) is 5.73 Å². The third-order valence-electron chi connectivity index (χ3n) is 4.90. The SMILES string of the molecule is CCCC1CCC(CN)(NN2CCCCC2)CC1. The monoisotopic (exact) mass is 253 g/mol. The van der Waals surface area contributed by atoms with Gasteiger partial charge in [0.25, 0.3) is 0 Å². The van der Waals surface area contributed by atoms with Crippen molar-refractivity contribution in [1.82, 2.24) is 10.4 Å². The van der Waals surface area contributed by atoms with Gasteiger partial charge in [-0.1, -0.05) is 26.2 Å². The maximum atomic E-state index is 6.09. The third kappa shape index (κ3) is 3.69. The first-order chi connectivity index (χ1) is 8.78. The van der Waals surface area contributed by atoms with E-state index in [-0.39, 0.29) is 5.54 Å². The number of rotatable bonds is 5. The van der Waals surface area contributed by atoms with E-state index in [9.17, 15) is 0 Å². The molecular weight excluding hydrogens is 222 g/mol. The van der Waals surface area contributed by atoms with Gasteiger partial charge in [0, 0.05) is 25.2 Å². The lowest BCUT2D eigenvalue weighted by atomic mass is 9.75. The van der Waals surface area contributed by atoms with Gasteiger partial charge in [-0.3, -0.25) is 0 Å². The highest BCUT2D eigenvalue weighted by Gasteiger charge is 2.35. The molecule has 0 bridgehead atoms. The molecule has 2 aliphatic rings. The molecule has 18 heavy (non-hydrogen) atoms. The summed E-state index contributed by atoms with van der Waals surface area (Å²) in [7, 11) is 0. The van der Waals surface area contributed by atoms with Gasteiger partial charge in [-0.25, -0.2) is 10.4 Å². The second-order valence-electron chi connectivity index (χ2n) is 6.38. The van der Waals surface area contributed by atoms with Crippen LogP contribution >= 0.6 is 0 Å². The maximum absolute atomic E-state index is 6.09. The highest BCUT2D eigenvalue weighted by Crippen LogP contribution is 2.34. The summed E-state index contributed by atoms with van der Waals surface area (Å²) in [4.78, 5) is 0. The molecule has 0 aromatic heterocycles. The van der Waals surface area contributed by atoms with Crippen LogP contribution in [0.25, 0.3) is 0 Å². The van der Waals surface area contributed by atoms with Crippen molar-refractivity contribution >= 4 is 0 Å². The fourth-order valence-corrected chi connectivity index (χ4v) is 3.63. The maximum Gasteiger partial charge on any atom is 0.0448 e. The summed E-state index contributed by atoms with van der Waals surface area (Å²) < 4.78 is 0. The molecule has 3 heteroatoms. The highest BCUT2D eigenvalue weighted by molar-refractivity contribution is 4.93. The minimum atomic E-state index is 0.210. The van der Waals surface area contributed by atoms with E-state index >= 15 is 0 Å². The van der Waals surface area contributed by atoms with Gasteiger partial charge in [0.05, 0.1) is 0 Å². The van der Waals surface area contributed by atoms with Gasteiger partial charge in [0.2, 0.25) is 0 Å². The first-order valence-corrected chi connectivity index (χ1v) is 8.01. The van der Waals surface area contributed by atoms with Gasteiger partial charge >= 0.3 is 0 Å². The Balaban J connectivity index is 1.83. The molecule has 0 spiro atoms. The number of hydrogen-bond donors (Lipinski definition) is 2. The van der Waals surface area contributed by atoms with Crippen LogP contribution in [0.1, 0.15) is 64.7 Å². The fourth-order valence-electron chi connectivity index (χ4n) is 3.63. The average molecular weight is 253 g/mol. The Labute approximate surface area is 112 Å². The molecule has 1 heterocycles. The Bertz CT molecular complexity index is 228. The van der Waals surface area contributed by atoms with Crippen molar-refractivity contribution in [2.24, 2.45) is 11.7 Å². The average Bonchev–Trinajstić information content (AvgIpc) is 2.43. The van der Waals surface area contributed by atoms with Crippen LogP contribution in [0.2, 0.25) is 0 Å². The van der Waals surface area contributed by atoms with Crippen molar-refractivity contribution in [2.45, 2.75) is 70.3 Å². The number of nitrogens with zero attached hydrogens (tertiary/aromatic N) is 1. The smallest absolute Gasteiger partial charge is 0.0448 e. The summed E-state index contributed by atoms with van der Waals surface area (Å²) >= 11 is 0. The molecule has 0 atom stereocenters. The van der Waals surface area contributed by atoms with Crippen molar-refractivity contribution in [3.05, 3.63) is 0 Å². The normalized spacial score (nSPS) is 34.7. The molecule has 106 valence electrons. The molecule has 2 fully saturated rings. The number of nitrogens with one attached hydrogen (secondary N) is 1. The van der Waals surface area contributed by atoms with E-state index in [2.05, 4.69) is 17.4 Å². The van der Waals surface area contributed by atoms with Crippen molar-refractivity contribution in [3.8, 4) is 0 Å². The van der Waals surface area contributed by atoms with Crippen LogP contribution in [0.15, 0.2) is 0 Å². The van der Waals surface area contributed by atoms with Gasteiger partial charge < -0.3 is 5.73 Å². The number of hydrogen-bond acceptors (Lipinski definition) is 3. The molecule has 2 rings (SSSR count). The minimum absolute atomic E-state index is 0.210. The molecule has 3 nitrogen and oxygen atoms in total. The zero-order valence-corrected chi connectivity index (χ0v) is 12.1. The molecule has 0 unspecified atom stereocenters. The van der Waals surface area contributed by atoms with Crippen molar-refractivity contribution < 1.29 is 0 Å². The van der Waals surface area contributed by atoms with Gasteiger partial charge in [0.15, 0.2) is 0 Å². The number of piperidine rings is 1. The number of hydrazine groups is 1. The van der Waals surface area contributed by atoms with E-state index in [1.165, 1.54) is 70.9 Å². The molecular formula is C15H31N3. The molecule has 0 aromatic rings. The predicted molar refractivity (Wildman–Crippen MR) is 77.2 cm³/mol. The molecule has 1 saturated heterocycles. The predicted octanol–water partition coefficient (Wildman–Crippen LogP) is 2.66. The third-order valence-corrected chi connectivity index (χ3v) is 4.90. The summed E-state index contributed by atoms with van der Waals surface area (Å²) in [5.41, 5.74) is 10.1. The molecule has 1 aliphatic heterocycles. The molecule has 0 amide bonds. The van der Waals surface area contributed by atoms with Crippen LogP contribution in [0.4, 0.5) is 0 Å². The van der Waals surface area contributed by atoms with Gasteiger partial charge in [-0.2, -0.15) is 0 Å². The van der Waals surface area contributed by atoms with Crippen LogP contribution in [-0.4, -0.2) is 30.2 Å². The second-order valence-corrected chi connectivity index (χ2v) is 6.38. The van der Waals surface area contributed by atoms with Crippen molar-refractivity contribution in [3.63, 3.8) is 0 Å². The minimum Gasteiger partial charge on any atom is -0.329 e. The lowest BCUT2D eigenvalue weighted by Crippen LogP contribution is -2.60. The zero-order chi connectivity index (χ0) is 12.8. The van der Waals surface area contributed by atoms with E-state index in [0.717, 1.165) is 12.5 Å². The summed E-state index contributed by atoms with van der Waals surface area (Å²) in [6.07, 6.45) is 12.1. The Hall–Kier alpha value is -0.120. The molecule has 1 saturated carbocycles. The summed E-state index contributed by atoms with van der Waals surface area (Å²) in [6.45, 7) is 5.51. The lowest BCUT2D eigenvalue weighted by Gasteiger charge is -2.44. The lowest BCUT2D eigenvalue weighted by molar-refractivity contribution is 0.0510. The largest absolute Gasteiger partial charge is 0.329 e. The summed E-state index contributed by atoms with van der Waals surface area (Å²) in [6, 6.07) is 0. The summed E-state index contributed by atoms with van der Waals surface area (Å²) in [5, 5.41) is 2.44. The van der Waals surface area contributed by atoms with Gasteiger partial charge in [-0.05, 0) is 44.4 Å². The standard InChI is InChI=1S/C15H31N3/c1-2-6-14-7-9-15(13-16,10-8-14)17-18-11-4-3-5-12-18/h14,17H,2-13,16H2,1H3. The molecule has 1 aliphatic carbocycles. The van der Waals surface area contributed by atoms with Crippen LogP contribution in [0, 0.1) is 5.92 Å².